The number of fused-ring (bicyclic) bond motifs is 4. The summed E-state index contributed by atoms with van der Waals surface area (Å²) >= 11 is 6.44. The molecule has 1 unspecified atom stereocenters. The second-order valence-corrected chi connectivity index (χ2v) is 30.2. The Bertz CT molecular complexity index is 6190. The molecule has 13 rings (SSSR count). The van der Waals surface area contributed by atoms with Crippen molar-refractivity contribution in [2.45, 2.75) is 91.9 Å². The first-order valence-corrected chi connectivity index (χ1v) is 39.0. The number of nitrogens with one attached hydrogen (secondary N) is 8. The van der Waals surface area contributed by atoms with Crippen molar-refractivity contribution in [1.82, 2.24) is 62.1 Å². The summed E-state index contributed by atoms with van der Waals surface area (Å²) in [5.74, 6) is -4.17. The summed E-state index contributed by atoms with van der Waals surface area (Å²) in [6, 6.07) is 25.9. The first-order chi connectivity index (χ1) is 57.8. The van der Waals surface area contributed by atoms with Gasteiger partial charge >= 0.3 is 32.7 Å². The number of phenolic OH excluding ortho intramolecular Hbond substituents is 1. The average Bonchev–Trinajstić information content (AvgIpc) is 1.58. The van der Waals surface area contributed by atoms with Gasteiger partial charge in [0, 0.05) is 218 Å². The van der Waals surface area contributed by atoms with Gasteiger partial charge in [0.2, 0.25) is 23.5 Å². The number of Topliss-reactive ketones (excluding diaryl/α,β-unsaturated/α-hetero) is 5. The van der Waals surface area contributed by atoms with Crippen LogP contribution in [0.3, 0.4) is 0 Å². The summed E-state index contributed by atoms with van der Waals surface area (Å²) in [6.07, 6.45) is 13.7. The largest absolute Gasteiger partial charge is 3.00 e. The molecule has 656 valence electrons. The van der Waals surface area contributed by atoms with Gasteiger partial charge in [-0.2, -0.15) is 0 Å². The molecule has 0 saturated carbocycles. The third-order valence-electron chi connectivity index (χ3n) is 20.7. The summed E-state index contributed by atoms with van der Waals surface area (Å²) in [5.41, 5.74) is 7.93. The fourth-order valence-corrected chi connectivity index (χ4v) is 15.3. The number of amides is 8. The van der Waals surface area contributed by atoms with Crippen LogP contribution in [-0.4, -0.2) is 158 Å². The molecule has 0 spiro atoms. The predicted molar refractivity (Wildman–Crippen MR) is 476 cm³/mol. The number of rotatable bonds is 34. The number of halogens is 1. The van der Waals surface area contributed by atoms with Crippen LogP contribution in [0, 0.1) is 26.7 Å². The number of aromatic amines is 1. The normalized spacial score (nSPS) is 11.7. The van der Waals surface area contributed by atoms with Crippen LogP contribution in [0.15, 0.2) is 141 Å². The molecule has 12 aromatic rings. The zero-order valence-corrected chi connectivity index (χ0v) is 73.9. The van der Waals surface area contributed by atoms with Crippen LogP contribution in [0.25, 0.3) is 21.7 Å². The van der Waals surface area contributed by atoms with E-state index in [0.29, 0.717) is 87.2 Å². The molecule has 0 radical (unpaired) electrons. The van der Waals surface area contributed by atoms with Gasteiger partial charge in [-0.05, 0) is 101 Å². The first-order valence-electron chi connectivity index (χ1n) is 38.5. The number of anilines is 6. The molecule has 8 amide bonds. The standard InChI is InChI=1S/C85H88ClN19O14.CN.2CH4.2CH3.Y/c1-47(106)89-74-45-103(8)78(95-74)83(117)92-56-35-69(102(7)44-56)82(116)90-54-33-68(100(5)42-54)81(115)88-23-21-76(113)94-75-46-104(9)79(96-75)84(118)91-55-34-67(101(6)43-55)80(114)87-22-13-15-58(108)26-50-28-65(99(4)39-50)73(112)31-51-29-63(97(2)40-51)70(109)18-12-14-57(107)25-49-27-64(98(3)38-49)72(111)30-48-19-20-61-52(24-48)32-62(93-61)85(119)105-41-53(37-86)77-60-17-11-10-16-59(60)71(110)36-66(77)105;1-2;;;;;/h10-11,16-17,19-20,24,27-29,32-36,38-40,42-46,53,93,110H,12-15,18,21-23,25-26,30-31,37,41H2,1-9H3,(H,87,114)(H,88,115)(H,89,106)(H,90,116)(H,91,118)(H,92,117)(H,94,113);;2*1H4;2*1H3;/q;-1;;;2*-1;+3. The van der Waals surface area contributed by atoms with E-state index in [1.165, 1.54) is 78.9 Å². The molecule has 9 aromatic heterocycles. The minimum absolute atomic E-state index is 0. The second kappa shape index (κ2) is 43.1. The molecule has 0 fully saturated rings. The number of ketones is 5. The Morgan fingerprint density at radius 2 is 0.929 bits per heavy atom. The number of hydrogen-bond donors (Lipinski definition) is 9. The minimum Gasteiger partial charge on any atom is -0.512 e. The average molecular weight is 1810 g/mol. The minimum atomic E-state index is -0.641. The van der Waals surface area contributed by atoms with E-state index < -0.39 is 35.4 Å². The molecule has 34 nitrogen and oxygen atoms in total. The number of hydrogen-bond acceptors (Lipinski definition) is 17. The van der Waals surface area contributed by atoms with Crippen LogP contribution in [0.4, 0.5) is 34.4 Å². The summed E-state index contributed by atoms with van der Waals surface area (Å²) < 4.78 is 12.4. The number of benzene rings is 3. The summed E-state index contributed by atoms with van der Waals surface area (Å²) in [4.78, 5) is 186. The van der Waals surface area contributed by atoms with Gasteiger partial charge in [0.15, 0.2) is 29.0 Å². The molecule has 9 N–H and O–H groups in total. The molecule has 1 atom stereocenters. The fraction of sp³-hybridized carbons (Fsp3) is 0.289. The van der Waals surface area contributed by atoms with Crippen molar-refractivity contribution in [3.8, 4) is 5.75 Å². The van der Waals surface area contributed by atoms with Gasteiger partial charge in [0.25, 0.3) is 35.4 Å². The predicted octanol–water partition coefficient (Wildman–Crippen LogP) is 11.6. The Morgan fingerprint density at radius 1 is 0.476 bits per heavy atom. The Hall–Kier alpha value is -13.6. The van der Waals surface area contributed by atoms with E-state index >= 15 is 0 Å². The van der Waals surface area contributed by atoms with Crippen molar-refractivity contribution in [2.24, 2.45) is 56.4 Å². The number of carbonyl (C=O) groups excluding carboxylic acids is 13. The smallest absolute Gasteiger partial charge is 0.512 e. The Morgan fingerprint density at radius 3 is 1.44 bits per heavy atom. The molecule has 126 heavy (non-hydrogen) atoms. The van der Waals surface area contributed by atoms with E-state index in [0.717, 1.165) is 27.4 Å². The number of phenols is 1. The van der Waals surface area contributed by atoms with Crippen molar-refractivity contribution in [1.29, 1.82) is 5.26 Å². The molecule has 10 heterocycles. The summed E-state index contributed by atoms with van der Waals surface area (Å²) in [7, 11) is 13.2. The van der Waals surface area contributed by atoms with Crippen molar-refractivity contribution in [2.75, 3.05) is 57.0 Å². The summed E-state index contributed by atoms with van der Waals surface area (Å²) in [5, 5.41) is 38.2. The Kier molecular flexibility index (Phi) is 34.0. The molecular formula is C90H102ClN20O14Y. The van der Waals surface area contributed by atoms with Crippen LogP contribution in [0.5, 0.6) is 5.75 Å². The van der Waals surface area contributed by atoms with Gasteiger partial charge < -0.3 is 115 Å². The summed E-state index contributed by atoms with van der Waals surface area (Å²) in [6.45, 7) is 6.50. The van der Waals surface area contributed by atoms with Gasteiger partial charge in [0.05, 0.1) is 39.8 Å². The van der Waals surface area contributed by atoms with Crippen LogP contribution in [-0.2, 0) is 134 Å². The third kappa shape index (κ3) is 23.0. The van der Waals surface area contributed by atoms with Crippen molar-refractivity contribution < 1.29 is 100 Å². The van der Waals surface area contributed by atoms with E-state index in [1.807, 2.05) is 42.5 Å². The van der Waals surface area contributed by atoms with Gasteiger partial charge in [-0.15, -0.1) is 11.6 Å². The number of H-pyrrole nitrogens is 1. The van der Waals surface area contributed by atoms with Crippen molar-refractivity contribution in [3.63, 3.8) is 0 Å². The van der Waals surface area contributed by atoms with Gasteiger partial charge in [-0.1, -0.05) is 45.2 Å². The van der Waals surface area contributed by atoms with Gasteiger partial charge in [0.1, 0.15) is 40.1 Å². The number of carbonyl (C=O) groups is 13. The maximum Gasteiger partial charge on any atom is 3.00 e. The number of aromatic nitrogens is 11. The van der Waals surface area contributed by atoms with E-state index in [2.05, 4.69) is 52.2 Å². The molecule has 1 aliphatic rings. The quantitative estimate of drug-likeness (QED) is 0.00783. The zero-order valence-electron chi connectivity index (χ0n) is 70.3. The van der Waals surface area contributed by atoms with Gasteiger partial charge in [-0.3, -0.25) is 62.3 Å². The van der Waals surface area contributed by atoms with E-state index in [9.17, 15) is 67.4 Å². The van der Waals surface area contributed by atoms with E-state index in [-0.39, 0.29) is 225 Å². The van der Waals surface area contributed by atoms with Crippen molar-refractivity contribution in [3.05, 3.63) is 241 Å². The van der Waals surface area contributed by atoms with E-state index in [4.69, 9.17) is 23.4 Å². The maximum absolute atomic E-state index is 14.1. The molecule has 1 aliphatic heterocycles. The topological polar surface area (TPSA) is 434 Å². The molecule has 3 aromatic carbocycles. The van der Waals surface area contributed by atoms with Crippen LogP contribution >= 0.6 is 11.6 Å². The number of nitrogens with zero attached hydrogens (tertiary/aromatic N) is 12. The van der Waals surface area contributed by atoms with E-state index in [1.54, 1.807) is 124 Å². The third-order valence-corrected chi connectivity index (χ3v) is 21.1. The first kappa shape index (κ1) is 99.5. The molecule has 0 saturated heterocycles. The van der Waals surface area contributed by atoms with Crippen molar-refractivity contribution >= 4 is 144 Å². The number of aromatic hydroxyl groups is 1. The second-order valence-electron chi connectivity index (χ2n) is 29.9. The monoisotopic (exact) mass is 1810 g/mol. The molecule has 0 bridgehead atoms. The van der Waals surface area contributed by atoms with Gasteiger partial charge in [-0.25, -0.2) is 9.97 Å². The number of alkyl halides is 1. The Balaban J connectivity index is 0.00000309. The van der Waals surface area contributed by atoms with Crippen LogP contribution < -0.4 is 42.1 Å². The number of imidazole rings is 2. The fourth-order valence-electron chi connectivity index (χ4n) is 15.0. The SMILES string of the molecule is C.C.CC(=O)Nc1cn(C)c(C(=O)Nc2cc(C(=O)Nc3cc(C(=O)NCCC(=O)Nc4cn(C)c(C(=O)Nc5cc(C(=O)NCCCC(=O)Cc6cc(C(=O)Cc7cc(C(=O)CCCC(=O)Cc8cc(C(=O)Cc9ccc%10[nH]c(C(=O)N%11CC(CCl)c%12c%11cc(O)c%11ccccc%12%11)cc%10c9)n(C)c8)n(C)c7)n(C)c6)n(C)c5)n4)n(C)c3)n(C)c2)n1.[C-]#N.[CH3-].[CH3-].[Y+3]. The molecule has 36 heteroatoms. The van der Waals surface area contributed by atoms with Crippen LogP contribution in [0.2, 0.25) is 0 Å². The van der Waals surface area contributed by atoms with Crippen LogP contribution in [0.1, 0.15) is 189 Å². The zero-order chi connectivity index (χ0) is 86.9. The maximum atomic E-state index is 14.1. The molecule has 0 aliphatic carbocycles. The number of aryl methyl sites for hydroxylation is 8. The molecular weight excluding hydrogens is 1710 g/mol. The Labute approximate surface area is 758 Å².